The van der Waals surface area contributed by atoms with Crippen LogP contribution in [0.25, 0.3) is 11.0 Å². The highest BCUT2D eigenvalue weighted by Crippen LogP contribution is 2.28. The summed E-state index contributed by atoms with van der Waals surface area (Å²) < 4.78 is 11.8. The van der Waals surface area contributed by atoms with Gasteiger partial charge in [-0.25, -0.2) is 9.97 Å². The van der Waals surface area contributed by atoms with Crippen molar-refractivity contribution < 1.29 is 14.3 Å². The number of nitrogens with zero attached hydrogens (tertiary/aromatic N) is 2. The zero-order chi connectivity index (χ0) is 20.1. The van der Waals surface area contributed by atoms with E-state index in [2.05, 4.69) is 9.97 Å². The highest BCUT2D eigenvalue weighted by Gasteiger charge is 2.12. The van der Waals surface area contributed by atoms with Gasteiger partial charge in [0, 0.05) is 12.8 Å². The molecular weight excluding hydrogens is 366 g/mol. The number of ether oxygens (including phenoxy) is 2. The maximum absolute atomic E-state index is 11.2. The third-order valence-corrected chi connectivity index (χ3v) is 4.23. The summed E-state index contributed by atoms with van der Waals surface area (Å²) in [5, 5.41) is 0. The number of hydrogen-bond acceptors (Lipinski definition) is 5. The van der Waals surface area contributed by atoms with Crippen LogP contribution in [-0.2, 0) is 11.2 Å². The molecule has 0 radical (unpaired) electrons. The first-order valence-corrected chi connectivity index (χ1v) is 9.22. The number of carbonyl (C=O) groups is 1. The third kappa shape index (κ3) is 4.68. The van der Waals surface area contributed by atoms with Crippen molar-refractivity contribution in [3.63, 3.8) is 0 Å². The molecule has 0 aliphatic heterocycles. The van der Waals surface area contributed by atoms with E-state index in [9.17, 15) is 4.79 Å². The van der Waals surface area contributed by atoms with Gasteiger partial charge in [-0.2, -0.15) is 0 Å². The van der Waals surface area contributed by atoms with Gasteiger partial charge in [0.15, 0.2) is 0 Å². The van der Waals surface area contributed by atoms with Crippen LogP contribution < -0.4 is 15.2 Å². The van der Waals surface area contributed by atoms with Crippen LogP contribution in [0.2, 0.25) is 0 Å². The minimum absolute atomic E-state index is 0.174. The zero-order valence-corrected chi connectivity index (χ0v) is 15.6. The summed E-state index contributed by atoms with van der Waals surface area (Å²) in [5.74, 6) is 2.02. The molecular formula is C23H19N3O3. The Hall–Kier alpha value is -3.93. The molecule has 4 aromatic rings. The van der Waals surface area contributed by atoms with E-state index in [0.717, 1.165) is 11.3 Å². The molecule has 0 spiro atoms. The Balaban J connectivity index is 1.57. The first-order chi connectivity index (χ1) is 14.2. The van der Waals surface area contributed by atoms with Crippen molar-refractivity contribution in [1.29, 1.82) is 0 Å². The van der Waals surface area contributed by atoms with Gasteiger partial charge in [0.25, 0.3) is 0 Å². The summed E-state index contributed by atoms with van der Waals surface area (Å²) in [6, 6.07) is 24.3. The number of hydrogen-bond donors (Lipinski definition) is 1. The Morgan fingerprint density at radius 1 is 0.724 bits per heavy atom. The number of para-hydroxylation sites is 3. The average molecular weight is 385 g/mol. The predicted octanol–water partition coefficient (Wildman–Crippen LogP) is 4.63. The molecule has 0 unspecified atom stereocenters. The summed E-state index contributed by atoms with van der Waals surface area (Å²) in [6.07, 6.45) is 0.533. The lowest BCUT2D eigenvalue weighted by atomic mass is 10.2. The molecule has 3 aromatic carbocycles. The van der Waals surface area contributed by atoms with Crippen molar-refractivity contribution in [2.24, 2.45) is 5.73 Å². The number of fused-ring (bicyclic) bond motifs is 1. The van der Waals surface area contributed by atoms with Crippen LogP contribution in [0.4, 0.5) is 0 Å². The molecule has 0 atom stereocenters. The first kappa shape index (κ1) is 18.4. The van der Waals surface area contributed by atoms with Crippen LogP contribution in [-0.4, -0.2) is 15.9 Å². The van der Waals surface area contributed by atoms with E-state index >= 15 is 0 Å². The van der Waals surface area contributed by atoms with E-state index in [0.29, 0.717) is 35.0 Å². The van der Waals surface area contributed by atoms with Gasteiger partial charge >= 0.3 is 0 Å². The molecule has 0 bridgehead atoms. The monoisotopic (exact) mass is 385 g/mol. The van der Waals surface area contributed by atoms with E-state index in [-0.39, 0.29) is 6.42 Å². The van der Waals surface area contributed by atoms with Crippen LogP contribution in [0.15, 0.2) is 78.9 Å². The fraction of sp³-hybridized carbons (Fsp3) is 0.0870. The molecule has 1 amide bonds. The zero-order valence-electron chi connectivity index (χ0n) is 15.6. The Bertz CT molecular complexity index is 1130. The number of aryl methyl sites for hydroxylation is 1. The molecule has 6 heteroatoms. The second-order valence-corrected chi connectivity index (χ2v) is 6.42. The highest BCUT2D eigenvalue weighted by molar-refractivity contribution is 5.76. The highest BCUT2D eigenvalue weighted by atomic mass is 16.5. The number of rotatable bonds is 7. The van der Waals surface area contributed by atoms with Gasteiger partial charge in [-0.05, 0) is 48.5 Å². The normalized spacial score (nSPS) is 10.6. The number of nitrogens with two attached hydrogens (primary N) is 1. The summed E-state index contributed by atoms with van der Waals surface area (Å²) >= 11 is 0. The molecule has 0 saturated carbocycles. The van der Waals surface area contributed by atoms with Crippen molar-refractivity contribution in [2.45, 2.75) is 12.8 Å². The lowest BCUT2D eigenvalue weighted by Crippen LogP contribution is -2.12. The van der Waals surface area contributed by atoms with Gasteiger partial charge in [0.2, 0.25) is 11.8 Å². The second kappa shape index (κ2) is 8.39. The minimum Gasteiger partial charge on any atom is -0.457 e. The minimum atomic E-state index is -0.395. The van der Waals surface area contributed by atoms with Gasteiger partial charge in [0.05, 0.1) is 11.0 Å². The topological polar surface area (TPSA) is 87.3 Å². The molecule has 4 rings (SSSR count). The molecule has 144 valence electrons. The molecule has 0 saturated heterocycles. The molecule has 0 aliphatic carbocycles. The van der Waals surface area contributed by atoms with Crippen molar-refractivity contribution in [3.8, 4) is 23.1 Å². The molecule has 0 fully saturated rings. The molecule has 29 heavy (non-hydrogen) atoms. The predicted molar refractivity (Wildman–Crippen MR) is 110 cm³/mol. The molecule has 0 aliphatic rings. The van der Waals surface area contributed by atoms with E-state index < -0.39 is 5.91 Å². The van der Waals surface area contributed by atoms with Crippen molar-refractivity contribution in [3.05, 3.63) is 84.6 Å². The molecule has 2 N–H and O–H groups in total. The number of primary amides is 1. The van der Waals surface area contributed by atoms with Crippen LogP contribution in [0.3, 0.4) is 0 Å². The average Bonchev–Trinajstić information content (AvgIpc) is 2.74. The Kier molecular flexibility index (Phi) is 5.33. The summed E-state index contributed by atoms with van der Waals surface area (Å²) in [4.78, 5) is 20.4. The second-order valence-electron chi connectivity index (χ2n) is 6.42. The quantitative estimate of drug-likeness (QED) is 0.501. The van der Waals surface area contributed by atoms with Gasteiger partial charge in [-0.15, -0.1) is 0 Å². The Labute approximate surface area is 167 Å². The lowest BCUT2D eigenvalue weighted by molar-refractivity contribution is -0.118. The summed E-state index contributed by atoms with van der Waals surface area (Å²) in [5.41, 5.74) is 7.34. The van der Waals surface area contributed by atoms with Crippen LogP contribution in [0.5, 0.6) is 23.1 Å². The van der Waals surface area contributed by atoms with Gasteiger partial charge < -0.3 is 15.2 Å². The van der Waals surface area contributed by atoms with E-state index in [1.807, 2.05) is 66.7 Å². The largest absolute Gasteiger partial charge is 0.457 e. The Morgan fingerprint density at radius 2 is 1.28 bits per heavy atom. The maximum atomic E-state index is 11.2. The summed E-state index contributed by atoms with van der Waals surface area (Å²) in [6.45, 7) is 0. The fourth-order valence-corrected chi connectivity index (χ4v) is 2.82. The standard InChI is InChI=1S/C23H19N3O3/c24-22(27)15-14-21-23(26-20-9-5-4-8-19(20)25-21)29-18-12-10-17(11-13-18)28-16-6-2-1-3-7-16/h1-13H,14-15H2,(H2,24,27). The molecule has 1 heterocycles. The number of amides is 1. The number of carbonyl (C=O) groups excluding carboxylic acids is 1. The van der Waals surface area contributed by atoms with Gasteiger partial charge in [-0.3, -0.25) is 4.79 Å². The number of benzene rings is 3. The van der Waals surface area contributed by atoms with Crippen LogP contribution in [0.1, 0.15) is 12.1 Å². The molecule has 6 nitrogen and oxygen atoms in total. The SMILES string of the molecule is NC(=O)CCc1nc2ccccc2nc1Oc1ccc(Oc2ccccc2)cc1. The lowest BCUT2D eigenvalue weighted by Gasteiger charge is -2.11. The third-order valence-electron chi connectivity index (χ3n) is 4.23. The van der Waals surface area contributed by atoms with Crippen LogP contribution in [0, 0.1) is 0 Å². The molecule has 1 aromatic heterocycles. The van der Waals surface area contributed by atoms with Gasteiger partial charge in [0.1, 0.15) is 22.9 Å². The van der Waals surface area contributed by atoms with E-state index in [1.165, 1.54) is 0 Å². The van der Waals surface area contributed by atoms with Crippen molar-refractivity contribution in [1.82, 2.24) is 9.97 Å². The first-order valence-electron chi connectivity index (χ1n) is 9.22. The van der Waals surface area contributed by atoms with Crippen LogP contribution >= 0.6 is 0 Å². The van der Waals surface area contributed by atoms with Gasteiger partial charge in [-0.1, -0.05) is 30.3 Å². The number of aromatic nitrogens is 2. The summed E-state index contributed by atoms with van der Waals surface area (Å²) in [7, 11) is 0. The Morgan fingerprint density at radius 3 is 1.93 bits per heavy atom. The maximum Gasteiger partial charge on any atom is 0.241 e. The fourth-order valence-electron chi connectivity index (χ4n) is 2.82. The van der Waals surface area contributed by atoms with E-state index in [1.54, 1.807) is 12.1 Å². The smallest absolute Gasteiger partial charge is 0.241 e. The van der Waals surface area contributed by atoms with Crippen molar-refractivity contribution in [2.75, 3.05) is 0 Å². The van der Waals surface area contributed by atoms with Crippen molar-refractivity contribution >= 4 is 16.9 Å². The van der Waals surface area contributed by atoms with E-state index in [4.69, 9.17) is 15.2 Å².